The largest absolute Gasteiger partial charge is 0.322 e. The molecule has 0 unspecified atom stereocenters. The van der Waals surface area contributed by atoms with Crippen LogP contribution < -0.4 is 5.32 Å². The monoisotopic (exact) mass is 418 g/mol. The molecule has 8 nitrogen and oxygen atoms in total. The fraction of sp³-hybridized carbons (Fsp3) is 0.0455. The lowest BCUT2D eigenvalue weighted by molar-refractivity contribution is -0.384. The summed E-state index contributed by atoms with van der Waals surface area (Å²) in [4.78, 5) is 35.0. The van der Waals surface area contributed by atoms with Crippen LogP contribution in [0, 0.1) is 15.9 Å². The minimum absolute atomic E-state index is 0.132. The third-order valence-electron chi connectivity index (χ3n) is 4.67. The van der Waals surface area contributed by atoms with Crippen molar-refractivity contribution >= 4 is 34.1 Å². The third kappa shape index (κ3) is 3.88. The van der Waals surface area contributed by atoms with Crippen LogP contribution in [0.25, 0.3) is 22.2 Å². The standard InChI is InChI=1S/C22H15FN4O4/c1-13(28)26-20-10-9-17(24-22(29)15-3-2-4-18(11-15)27(30)31)12-19(20)21(25-26)14-5-7-16(23)8-6-14/h2-12H,1H3,(H,24,29). The first-order valence-electron chi connectivity index (χ1n) is 9.19. The number of carbonyl (C=O) groups is 2. The van der Waals surface area contributed by atoms with Crippen molar-refractivity contribution < 1.29 is 18.9 Å². The van der Waals surface area contributed by atoms with Crippen LogP contribution >= 0.6 is 0 Å². The van der Waals surface area contributed by atoms with Crippen molar-refractivity contribution in [2.75, 3.05) is 5.32 Å². The molecule has 1 aromatic heterocycles. The van der Waals surface area contributed by atoms with E-state index in [1.54, 1.807) is 30.3 Å². The van der Waals surface area contributed by atoms with Gasteiger partial charge in [-0.1, -0.05) is 6.07 Å². The zero-order valence-corrected chi connectivity index (χ0v) is 16.2. The van der Waals surface area contributed by atoms with Gasteiger partial charge in [-0.05, 0) is 48.5 Å². The SMILES string of the molecule is CC(=O)n1nc(-c2ccc(F)cc2)c2cc(NC(=O)c3cccc([N+](=O)[O-])c3)ccc21. The predicted molar refractivity (Wildman–Crippen MR) is 112 cm³/mol. The van der Waals surface area contributed by atoms with Gasteiger partial charge in [0.1, 0.15) is 11.5 Å². The first-order valence-corrected chi connectivity index (χ1v) is 9.19. The molecule has 9 heteroatoms. The maximum Gasteiger partial charge on any atom is 0.270 e. The minimum atomic E-state index is -0.575. The fourth-order valence-electron chi connectivity index (χ4n) is 3.22. The average Bonchev–Trinajstić information content (AvgIpc) is 3.13. The van der Waals surface area contributed by atoms with Crippen molar-refractivity contribution in [3.8, 4) is 11.3 Å². The number of rotatable bonds is 4. The minimum Gasteiger partial charge on any atom is -0.322 e. The van der Waals surface area contributed by atoms with E-state index < -0.39 is 16.6 Å². The van der Waals surface area contributed by atoms with Crippen LogP contribution in [-0.2, 0) is 0 Å². The van der Waals surface area contributed by atoms with E-state index in [0.717, 1.165) is 0 Å². The van der Waals surface area contributed by atoms with E-state index in [-0.39, 0.29) is 17.2 Å². The van der Waals surface area contributed by atoms with Crippen molar-refractivity contribution in [1.29, 1.82) is 0 Å². The van der Waals surface area contributed by atoms with Crippen LogP contribution in [0.2, 0.25) is 0 Å². The first-order chi connectivity index (χ1) is 14.8. The summed E-state index contributed by atoms with van der Waals surface area (Å²) in [6.07, 6.45) is 0. The van der Waals surface area contributed by atoms with E-state index >= 15 is 0 Å². The van der Waals surface area contributed by atoms with Crippen LogP contribution in [-0.4, -0.2) is 26.5 Å². The van der Waals surface area contributed by atoms with Gasteiger partial charge in [-0.3, -0.25) is 19.7 Å². The van der Waals surface area contributed by atoms with Gasteiger partial charge in [0.25, 0.3) is 11.6 Å². The summed E-state index contributed by atoms with van der Waals surface area (Å²) >= 11 is 0. The lowest BCUT2D eigenvalue weighted by Crippen LogP contribution is -2.12. The average molecular weight is 418 g/mol. The Morgan fingerprint density at radius 3 is 2.48 bits per heavy atom. The molecule has 1 N–H and O–H groups in total. The molecule has 0 atom stereocenters. The van der Waals surface area contributed by atoms with Crippen molar-refractivity contribution in [2.45, 2.75) is 6.92 Å². The van der Waals surface area contributed by atoms with Gasteiger partial charge in [0.05, 0.1) is 10.4 Å². The molecular formula is C22H15FN4O4. The molecule has 0 radical (unpaired) electrons. The zero-order chi connectivity index (χ0) is 22.1. The normalized spacial score (nSPS) is 10.8. The molecule has 0 saturated carbocycles. The zero-order valence-electron chi connectivity index (χ0n) is 16.2. The Morgan fingerprint density at radius 1 is 1.06 bits per heavy atom. The Balaban J connectivity index is 1.74. The number of fused-ring (bicyclic) bond motifs is 1. The Labute approximate surface area is 175 Å². The second kappa shape index (κ2) is 7.79. The molecule has 1 heterocycles. The van der Waals surface area contributed by atoms with Gasteiger partial charge in [0, 0.05) is 41.3 Å². The lowest BCUT2D eigenvalue weighted by Gasteiger charge is -2.06. The summed E-state index contributed by atoms with van der Waals surface area (Å²) in [6.45, 7) is 1.37. The second-order valence-electron chi connectivity index (χ2n) is 6.78. The summed E-state index contributed by atoms with van der Waals surface area (Å²) in [7, 11) is 0. The number of aromatic nitrogens is 2. The number of hydrogen-bond acceptors (Lipinski definition) is 5. The lowest BCUT2D eigenvalue weighted by atomic mass is 10.1. The van der Waals surface area contributed by atoms with E-state index in [9.17, 15) is 24.1 Å². The highest BCUT2D eigenvalue weighted by atomic mass is 19.1. The molecule has 31 heavy (non-hydrogen) atoms. The number of non-ortho nitro benzene ring substituents is 1. The van der Waals surface area contributed by atoms with Crippen molar-refractivity contribution in [2.24, 2.45) is 0 Å². The highest BCUT2D eigenvalue weighted by molar-refractivity contribution is 6.07. The van der Waals surface area contributed by atoms with E-state index in [2.05, 4.69) is 10.4 Å². The van der Waals surface area contributed by atoms with Gasteiger partial charge < -0.3 is 5.32 Å². The Hall–Kier alpha value is -4.40. The number of benzene rings is 3. The van der Waals surface area contributed by atoms with Crippen LogP contribution in [0.15, 0.2) is 66.7 Å². The molecule has 154 valence electrons. The van der Waals surface area contributed by atoms with E-state index in [4.69, 9.17) is 0 Å². The maximum absolute atomic E-state index is 13.3. The quantitative estimate of drug-likeness (QED) is 0.383. The molecule has 4 aromatic rings. The highest BCUT2D eigenvalue weighted by Gasteiger charge is 2.17. The highest BCUT2D eigenvalue weighted by Crippen LogP contribution is 2.30. The van der Waals surface area contributed by atoms with Crippen LogP contribution in [0.5, 0.6) is 0 Å². The number of halogens is 1. The maximum atomic E-state index is 13.3. The predicted octanol–water partition coefficient (Wildman–Crippen LogP) is 4.66. The third-order valence-corrected chi connectivity index (χ3v) is 4.67. The summed E-state index contributed by atoms with van der Waals surface area (Å²) in [5.74, 6) is -1.22. The number of nitrogens with one attached hydrogen (secondary N) is 1. The number of nitro groups is 1. The molecule has 0 aliphatic carbocycles. The smallest absolute Gasteiger partial charge is 0.270 e. The van der Waals surface area contributed by atoms with Gasteiger partial charge in [-0.15, -0.1) is 0 Å². The molecule has 1 amide bonds. The van der Waals surface area contributed by atoms with Crippen LogP contribution in [0.1, 0.15) is 22.1 Å². The number of hydrogen-bond donors (Lipinski definition) is 1. The summed E-state index contributed by atoms with van der Waals surface area (Å²) < 4.78 is 14.6. The Bertz CT molecular complexity index is 1350. The molecular weight excluding hydrogens is 403 g/mol. The molecule has 0 saturated heterocycles. The molecule has 0 aliphatic rings. The number of amides is 1. The molecule has 0 spiro atoms. The van der Waals surface area contributed by atoms with Gasteiger partial charge in [-0.2, -0.15) is 9.78 Å². The van der Waals surface area contributed by atoms with Gasteiger partial charge in [0.15, 0.2) is 0 Å². The molecule has 0 fully saturated rings. The number of nitrogens with zero attached hydrogens (tertiary/aromatic N) is 3. The summed E-state index contributed by atoms with van der Waals surface area (Å²) in [6, 6.07) is 16.0. The Morgan fingerprint density at radius 2 is 1.81 bits per heavy atom. The van der Waals surface area contributed by atoms with Crippen molar-refractivity contribution in [3.05, 3.63) is 88.2 Å². The van der Waals surface area contributed by atoms with Crippen molar-refractivity contribution in [3.63, 3.8) is 0 Å². The van der Waals surface area contributed by atoms with Crippen LogP contribution in [0.3, 0.4) is 0 Å². The number of carbonyl (C=O) groups excluding carboxylic acids is 2. The van der Waals surface area contributed by atoms with E-state index in [1.807, 2.05) is 0 Å². The topological polar surface area (TPSA) is 107 Å². The van der Waals surface area contributed by atoms with Gasteiger partial charge in [-0.25, -0.2) is 4.39 Å². The molecule has 0 aliphatic heterocycles. The summed E-state index contributed by atoms with van der Waals surface area (Å²) in [5.41, 5.74) is 1.94. The molecule has 0 bridgehead atoms. The van der Waals surface area contributed by atoms with Gasteiger partial charge >= 0.3 is 0 Å². The van der Waals surface area contributed by atoms with Gasteiger partial charge in [0.2, 0.25) is 5.91 Å². The summed E-state index contributed by atoms with van der Waals surface area (Å²) in [5, 5.41) is 18.6. The van der Waals surface area contributed by atoms with E-state index in [0.29, 0.717) is 27.8 Å². The molecule has 3 aromatic carbocycles. The van der Waals surface area contributed by atoms with Crippen LogP contribution in [0.4, 0.5) is 15.8 Å². The first kappa shape index (κ1) is 19.9. The fourth-order valence-corrected chi connectivity index (χ4v) is 3.22. The molecule has 4 rings (SSSR count). The van der Waals surface area contributed by atoms with E-state index in [1.165, 1.54) is 48.0 Å². The second-order valence-corrected chi connectivity index (χ2v) is 6.78. The van der Waals surface area contributed by atoms with Crippen molar-refractivity contribution in [1.82, 2.24) is 9.78 Å². The number of nitro benzene ring substituents is 1. The Kier molecular flexibility index (Phi) is 5.00. The number of anilines is 1.